The van der Waals surface area contributed by atoms with Gasteiger partial charge < -0.3 is 9.47 Å². The molecule has 1 atom stereocenters. The maximum absolute atomic E-state index is 6.20. The standard InChI is InChI=1S/C21H22ClNO2/c1-5-21(2)17-12-15(22)8-10-18(17)23-20(21)11-7-14-6-9-16(24-3)13-19(14)25-4/h6-13H,5H2,1-4H3/b11-7+. The van der Waals surface area contributed by atoms with E-state index in [4.69, 9.17) is 26.1 Å². The normalized spacial score (nSPS) is 19.0. The van der Waals surface area contributed by atoms with Crippen molar-refractivity contribution >= 4 is 29.1 Å². The van der Waals surface area contributed by atoms with Gasteiger partial charge >= 0.3 is 0 Å². The summed E-state index contributed by atoms with van der Waals surface area (Å²) in [7, 11) is 3.31. The molecule has 0 amide bonds. The highest BCUT2D eigenvalue weighted by molar-refractivity contribution is 6.31. The molecule has 1 aliphatic rings. The maximum atomic E-state index is 6.20. The number of nitrogens with zero attached hydrogens (tertiary/aromatic N) is 1. The summed E-state index contributed by atoms with van der Waals surface area (Å²) in [6.45, 7) is 4.39. The van der Waals surface area contributed by atoms with Gasteiger partial charge in [-0.15, -0.1) is 0 Å². The summed E-state index contributed by atoms with van der Waals surface area (Å²) in [6.07, 6.45) is 5.06. The van der Waals surface area contributed by atoms with Crippen molar-refractivity contribution in [1.82, 2.24) is 0 Å². The number of allylic oxidation sites excluding steroid dienone is 1. The zero-order valence-electron chi connectivity index (χ0n) is 15.0. The average molecular weight is 356 g/mol. The highest BCUT2D eigenvalue weighted by Gasteiger charge is 2.36. The Morgan fingerprint density at radius 3 is 2.56 bits per heavy atom. The smallest absolute Gasteiger partial charge is 0.129 e. The SMILES string of the molecule is CCC1(C)C(/C=C/c2ccc(OC)cc2OC)=Nc2ccc(Cl)cc21. The van der Waals surface area contributed by atoms with Crippen molar-refractivity contribution in [3.05, 3.63) is 58.6 Å². The van der Waals surface area contributed by atoms with Crippen LogP contribution in [-0.2, 0) is 5.41 Å². The lowest BCUT2D eigenvalue weighted by Crippen LogP contribution is -2.27. The van der Waals surface area contributed by atoms with Crippen LogP contribution in [0.1, 0.15) is 31.4 Å². The zero-order valence-corrected chi connectivity index (χ0v) is 15.7. The topological polar surface area (TPSA) is 30.8 Å². The van der Waals surface area contributed by atoms with Crippen LogP contribution in [0.15, 0.2) is 47.5 Å². The fraction of sp³-hybridized carbons (Fsp3) is 0.286. The Morgan fingerprint density at radius 1 is 1.08 bits per heavy atom. The molecule has 2 aromatic carbocycles. The first kappa shape index (κ1) is 17.6. The third kappa shape index (κ3) is 3.16. The molecule has 1 heterocycles. The van der Waals surface area contributed by atoms with Gasteiger partial charge in [0.05, 0.1) is 25.6 Å². The molecule has 2 aromatic rings. The van der Waals surface area contributed by atoms with Crippen molar-refractivity contribution in [1.29, 1.82) is 0 Å². The van der Waals surface area contributed by atoms with Crippen molar-refractivity contribution < 1.29 is 9.47 Å². The molecule has 4 heteroatoms. The number of fused-ring (bicyclic) bond motifs is 1. The van der Waals surface area contributed by atoms with E-state index < -0.39 is 0 Å². The van der Waals surface area contributed by atoms with Crippen LogP contribution in [0.2, 0.25) is 5.02 Å². The molecule has 0 bridgehead atoms. The predicted octanol–water partition coefficient (Wildman–Crippen LogP) is 5.82. The molecule has 0 saturated heterocycles. The molecule has 25 heavy (non-hydrogen) atoms. The van der Waals surface area contributed by atoms with E-state index in [0.29, 0.717) is 0 Å². The highest BCUT2D eigenvalue weighted by atomic mass is 35.5. The maximum Gasteiger partial charge on any atom is 0.129 e. The number of hydrogen-bond donors (Lipinski definition) is 0. The Balaban J connectivity index is 1.97. The van der Waals surface area contributed by atoms with Crippen LogP contribution < -0.4 is 9.47 Å². The number of hydrogen-bond acceptors (Lipinski definition) is 3. The van der Waals surface area contributed by atoms with Crippen molar-refractivity contribution in [2.45, 2.75) is 25.7 Å². The molecular formula is C21H22ClNO2. The van der Waals surface area contributed by atoms with Crippen LogP contribution in [-0.4, -0.2) is 19.9 Å². The van der Waals surface area contributed by atoms with Crippen LogP contribution in [0, 0.1) is 0 Å². The van der Waals surface area contributed by atoms with E-state index in [1.165, 1.54) is 5.56 Å². The number of benzene rings is 2. The van der Waals surface area contributed by atoms with E-state index in [9.17, 15) is 0 Å². The number of halogens is 1. The Bertz CT molecular complexity index is 857. The molecule has 3 rings (SSSR count). The van der Waals surface area contributed by atoms with Gasteiger partial charge in [0.15, 0.2) is 0 Å². The quantitative estimate of drug-likeness (QED) is 0.676. The molecule has 0 aromatic heterocycles. The van der Waals surface area contributed by atoms with Crippen molar-refractivity contribution in [2.75, 3.05) is 14.2 Å². The summed E-state index contributed by atoms with van der Waals surface area (Å²) in [6, 6.07) is 11.7. The second kappa shape index (κ2) is 6.93. The van der Waals surface area contributed by atoms with Crippen LogP contribution in [0.4, 0.5) is 5.69 Å². The Hall–Kier alpha value is -2.26. The number of ether oxygens (including phenoxy) is 2. The van der Waals surface area contributed by atoms with Gasteiger partial charge in [-0.3, -0.25) is 4.99 Å². The molecular weight excluding hydrogens is 334 g/mol. The Kier molecular flexibility index (Phi) is 4.87. The fourth-order valence-electron chi connectivity index (χ4n) is 3.16. The molecule has 0 spiro atoms. The number of methoxy groups -OCH3 is 2. The largest absolute Gasteiger partial charge is 0.497 e. The second-order valence-corrected chi connectivity index (χ2v) is 6.72. The van der Waals surface area contributed by atoms with Gasteiger partial charge in [0, 0.05) is 22.1 Å². The Morgan fingerprint density at radius 2 is 1.88 bits per heavy atom. The van der Waals surface area contributed by atoms with Crippen molar-refractivity contribution in [3.8, 4) is 11.5 Å². The molecule has 0 aliphatic carbocycles. The lowest BCUT2D eigenvalue weighted by atomic mass is 9.77. The molecule has 130 valence electrons. The molecule has 3 nitrogen and oxygen atoms in total. The number of aliphatic imine (C=N–C) groups is 1. The average Bonchev–Trinajstić information content (AvgIpc) is 2.92. The van der Waals surface area contributed by atoms with Gasteiger partial charge in [0.2, 0.25) is 0 Å². The second-order valence-electron chi connectivity index (χ2n) is 6.29. The summed E-state index contributed by atoms with van der Waals surface area (Å²) in [5.74, 6) is 1.54. The first-order chi connectivity index (χ1) is 12.0. The summed E-state index contributed by atoms with van der Waals surface area (Å²) >= 11 is 6.20. The van der Waals surface area contributed by atoms with Gasteiger partial charge in [0.1, 0.15) is 11.5 Å². The van der Waals surface area contributed by atoms with Crippen molar-refractivity contribution in [2.24, 2.45) is 4.99 Å². The predicted molar refractivity (Wildman–Crippen MR) is 105 cm³/mol. The summed E-state index contributed by atoms with van der Waals surface area (Å²) < 4.78 is 10.7. The van der Waals surface area contributed by atoms with E-state index in [-0.39, 0.29) is 5.41 Å². The molecule has 0 saturated carbocycles. The van der Waals surface area contributed by atoms with Crippen molar-refractivity contribution in [3.63, 3.8) is 0 Å². The van der Waals surface area contributed by atoms with E-state index in [1.807, 2.05) is 42.5 Å². The van der Waals surface area contributed by atoms with Crippen LogP contribution in [0.25, 0.3) is 6.08 Å². The highest BCUT2D eigenvalue weighted by Crippen LogP contribution is 2.44. The lowest BCUT2D eigenvalue weighted by molar-refractivity contribution is 0.394. The first-order valence-electron chi connectivity index (χ1n) is 8.31. The van der Waals surface area contributed by atoms with Crippen LogP contribution in [0.3, 0.4) is 0 Å². The lowest BCUT2D eigenvalue weighted by Gasteiger charge is -2.24. The summed E-state index contributed by atoms with van der Waals surface area (Å²) in [5.41, 5.74) is 4.05. The van der Waals surface area contributed by atoms with Gasteiger partial charge in [-0.05, 0) is 61.4 Å². The first-order valence-corrected chi connectivity index (χ1v) is 8.69. The van der Waals surface area contributed by atoms with Gasteiger partial charge in [-0.2, -0.15) is 0 Å². The fourth-order valence-corrected chi connectivity index (χ4v) is 3.33. The summed E-state index contributed by atoms with van der Waals surface area (Å²) in [4.78, 5) is 4.83. The van der Waals surface area contributed by atoms with Gasteiger partial charge in [-0.1, -0.05) is 18.5 Å². The minimum Gasteiger partial charge on any atom is -0.497 e. The minimum atomic E-state index is -0.142. The van der Waals surface area contributed by atoms with E-state index in [0.717, 1.165) is 39.9 Å². The van der Waals surface area contributed by atoms with Crippen LogP contribution in [0.5, 0.6) is 11.5 Å². The van der Waals surface area contributed by atoms with Gasteiger partial charge in [0.25, 0.3) is 0 Å². The van der Waals surface area contributed by atoms with E-state index in [2.05, 4.69) is 19.9 Å². The third-order valence-corrected chi connectivity index (χ3v) is 5.16. The number of rotatable bonds is 5. The Labute approximate surface area is 154 Å². The third-order valence-electron chi connectivity index (χ3n) is 4.93. The van der Waals surface area contributed by atoms with E-state index >= 15 is 0 Å². The van der Waals surface area contributed by atoms with Crippen LogP contribution >= 0.6 is 11.6 Å². The summed E-state index contributed by atoms with van der Waals surface area (Å²) in [5, 5.41) is 0.746. The molecule has 0 radical (unpaired) electrons. The van der Waals surface area contributed by atoms with Gasteiger partial charge in [-0.25, -0.2) is 0 Å². The molecule has 0 fully saturated rings. The van der Waals surface area contributed by atoms with E-state index in [1.54, 1.807) is 14.2 Å². The molecule has 0 N–H and O–H groups in total. The zero-order chi connectivity index (χ0) is 18.0. The molecule has 1 unspecified atom stereocenters. The monoisotopic (exact) mass is 355 g/mol. The molecule has 1 aliphatic heterocycles. The minimum absolute atomic E-state index is 0.142.